The number of nitrogens with one attached hydrogen (secondary N) is 1. The maximum absolute atomic E-state index is 12.8. The zero-order valence-electron chi connectivity index (χ0n) is 15.5. The van der Waals surface area contributed by atoms with Crippen LogP contribution >= 0.6 is 11.6 Å². The van der Waals surface area contributed by atoms with Crippen LogP contribution in [0.5, 0.6) is 0 Å². The first kappa shape index (κ1) is 22.8. The van der Waals surface area contributed by atoms with Crippen LogP contribution in [0.1, 0.15) is 22.8 Å². The van der Waals surface area contributed by atoms with E-state index in [-0.39, 0.29) is 23.6 Å². The van der Waals surface area contributed by atoms with E-state index in [0.717, 1.165) is 30.6 Å². The van der Waals surface area contributed by atoms with Crippen LogP contribution in [0.3, 0.4) is 0 Å². The number of hydrogen-bond donors (Lipinski definition) is 2. The Labute approximate surface area is 177 Å². The maximum atomic E-state index is 12.8. The van der Waals surface area contributed by atoms with Crippen LogP contribution in [-0.4, -0.2) is 21.6 Å². The van der Waals surface area contributed by atoms with Crippen molar-refractivity contribution in [1.82, 2.24) is 9.97 Å². The molecule has 31 heavy (non-hydrogen) atoms. The predicted molar refractivity (Wildman–Crippen MR) is 102 cm³/mol. The number of aliphatic hydroxyl groups excluding tert-OH is 1. The summed E-state index contributed by atoms with van der Waals surface area (Å²) in [7, 11) is 0. The Hall–Kier alpha value is -2.85. The fourth-order valence-corrected chi connectivity index (χ4v) is 3.05. The van der Waals surface area contributed by atoms with E-state index < -0.39 is 34.6 Å². The van der Waals surface area contributed by atoms with Gasteiger partial charge in [-0.3, -0.25) is 0 Å². The Kier molecular flexibility index (Phi) is 6.42. The SMILES string of the molecule is O[C@@H](CNc1cc(-c2ccc(C(F)(F)F)c(Cl)c2)ncn1)c1cccc(C(F)(F)F)c1. The highest BCUT2D eigenvalue weighted by molar-refractivity contribution is 6.31. The Bertz CT molecular complexity index is 1070. The van der Waals surface area contributed by atoms with E-state index in [4.69, 9.17) is 11.6 Å². The van der Waals surface area contributed by atoms with E-state index >= 15 is 0 Å². The second-order valence-corrected chi connectivity index (χ2v) is 6.91. The molecule has 0 unspecified atom stereocenters. The molecular formula is C20H14ClF6N3O. The number of rotatable bonds is 5. The van der Waals surface area contributed by atoms with Crippen LogP contribution in [-0.2, 0) is 12.4 Å². The minimum Gasteiger partial charge on any atom is -0.387 e. The average Bonchev–Trinajstić information content (AvgIpc) is 2.70. The van der Waals surface area contributed by atoms with Gasteiger partial charge in [0.25, 0.3) is 0 Å². The van der Waals surface area contributed by atoms with E-state index in [1.807, 2.05) is 0 Å². The summed E-state index contributed by atoms with van der Waals surface area (Å²) < 4.78 is 77.0. The number of hydrogen-bond acceptors (Lipinski definition) is 4. The molecule has 4 nitrogen and oxygen atoms in total. The van der Waals surface area contributed by atoms with Crippen LogP contribution in [0.15, 0.2) is 54.9 Å². The molecule has 0 bridgehead atoms. The number of nitrogens with zero attached hydrogens (tertiary/aromatic N) is 2. The lowest BCUT2D eigenvalue weighted by atomic mass is 10.1. The van der Waals surface area contributed by atoms with Crippen molar-refractivity contribution in [3.8, 4) is 11.3 Å². The highest BCUT2D eigenvalue weighted by Crippen LogP contribution is 2.36. The maximum Gasteiger partial charge on any atom is 0.417 e. The van der Waals surface area contributed by atoms with Crippen molar-refractivity contribution < 1.29 is 31.4 Å². The third-order valence-electron chi connectivity index (χ3n) is 4.31. The summed E-state index contributed by atoms with van der Waals surface area (Å²) in [5, 5.41) is 12.5. The molecule has 164 valence electrons. The minimum absolute atomic E-state index is 0.0612. The van der Waals surface area contributed by atoms with Crippen LogP contribution < -0.4 is 5.32 Å². The molecule has 11 heteroatoms. The van der Waals surface area contributed by atoms with Crippen LogP contribution in [0, 0.1) is 0 Å². The van der Waals surface area contributed by atoms with Gasteiger partial charge in [-0.05, 0) is 29.8 Å². The fourth-order valence-electron chi connectivity index (χ4n) is 2.76. The second kappa shape index (κ2) is 8.72. The van der Waals surface area contributed by atoms with Crippen molar-refractivity contribution >= 4 is 17.4 Å². The molecule has 0 spiro atoms. The largest absolute Gasteiger partial charge is 0.417 e. The first-order valence-corrected chi connectivity index (χ1v) is 9.11. The molecule has 0 amide bonds. The molecule has 3 aromatic rings. The van der Waals surface area contributed by atoms with Crippen molar-refractivity contribution in [2.24, 2.45) is 0 Å². The normalized spacial score (nSPS) is 13.2. The molecular weight excluding hydrogens is 448 g/mol. The number of anilines is 1. The molecule has 1 heterocycles. The predicted octanol–water partition coefficient (Wildman–Crippen LogP) is 5.98. The lowest BCUT2D eigenvalue weighted by molar-refractivity contribution is -0.138. The summed E-state index contributed by atoms with van der Waals surface area (Å²) >= 11 is 5.73. The van der Waals surface area contributed by atoms with Gasteiger partial charge in [0.15, 0.2) is 0 Å². The van der Waals surface area contributed by atoms with E-state index in [1.165, 1.54) is 24.3 Å². The number of alkyl halides is 6. The molecule has 1 atom stereocenters. The van der Waals surface area contributed by atoms with Crippen molar-refractivity contribution in [3.05, 3.63) is 76.6 Å². The minimum atomic E-state index is -4.59. The molecule has 0 saturated heterocycles. The summed E-state index contributed by atoms with van der Waals surface area (Å²) in [4.78, 5) is 7.93. The lowest BCUT2D eigenvalue weighted by Crippen LogP contribution is -2.14. The van der Waals surface area contributed by atoms with Gasteiger partial charge in [-0.2, -0.15) is 26.3 Å². The van der Waals surface area contributed by atoms with Gasteiger partial charge in [-0.15, -0.1) is 0 Å². The number of benzene rings is 2. The number of aromatic nitrogens is 2. The van der Waals surface area contributed by atoms with Gasteiger partial charge in [0, 0.05) is 18.2 Å². The Morgan fingerprint density at radius 2 is 1.68 bits per heavy atom. The molecule has 3 rings (SSSR count). The van der Waals surface area contributed by atoms with Crippen LogP contribution in [0.25, 0.3) is 11.3 Å². The van der Waals surface area contributed by atoms with Crippen LogP contribution in [0.4, 0.5) is 32.2 Å². The van der Waals surface area contributed by atoms with Crippen molar-refractivity contribution in [1.29, 1.82) is 0 Å². The molecule has 0 fully saturated rings. The Morgan fingerprint density at radius 1 is 0.935 bits per heavy atom. The van der Waals surface area contributed by atoms with Gasteiger partial charge in [-0.1, -0.05) is 29.8 Å². The van der Waals surface area contributed by atoms with Crippen molar-refractivity contribution in [3.63, 3.8) is 0 Å². The molecule has 0 aliphatic carbocycles. The number of aliphatic hydroxyl groups is 1. The highest BCUT2D eigenvalue weighted by Gasteiger charge is 2.33. The molecule has 0 aliphatic heterocycles. The van der Waals surface area contributed by atoms with Gasteiger partial charge in [0.1, 0.15) is 12.1 Å². The summed E-state index contributed by atoms with van der Waals surface area (Å²) in [6.07, 6.45) is -9.23. The van der Waals surface area contributed by atoms with Gasteiger partial charge < -0.3 is 10.4 Å². The first-order valence-electron chi connectivity index (χ1n) is 8.73. The van der Waals surface area contributed by atoms with Crippen molar-refractivity contribution in [2.45, 2.75) is 18.5 Å². The average molecular weight is 462 g/mol. The van der Waals surface area contributed by atoms with E-state index in [9.17, 15) is 31.4 Å². The quantitative estimate of drug-likeness (QED) is 0.459. The topological polar surface area (TPSA) is 58.0 Å². The molecule has 2 N–H and O–H groups in total. The molecule has 0 radical (unpaired) electrons. The van der Waals surface area contributed by atoms with E-state index in [2.05, 4.69) is 15.3 Å². The first-order chi connectivity index (χ1) is 14.4. The number of halogens is 7. The summed E-state index contributed by atoms with van der Waals surface area (Å²) in [6, 6.07) is 8.88. The lowest BCUT2D eigenvalue weighted by Gasteiger charge is -2.15. The second-order valence-electron chi connectivity index (χ2n) is 6.50. The van der Waals surface area contributed by atoms with Gasteiger partial charge in [0.2, 0.25) is 0 Å². The van der Waals surface area contributed by atoms with E-state index in [1.54, 1.807) is 0 Å². The fraction of sp³-hybridized carbons (Fsp3) is 0.200. The molecule has 1 aromatic heterocycles. The third kappa shape index (κ3) is 5.65. The smallest absolute Gasteiger partial charge is 0.387 e. The standard InChI is InChI=1S/C20H14ClF6N3O/c21-15-7-11(4-5-14(15)20(25,26)27)16-8-18(30-10-29-16)28-9-17(31)12-2-1-3-13(6-12)19(22,23)24/h1-8,10,17,31H,9H2,(H,28,29,30)/t17-/m0/s1. The molecule has 2 aromatic carbocycles. The molecule has 0 saturated carbocycles. The van der Waals surface area contributed by atoms with Crippen LogP contribution in [0.2, 0.25) is 5.02 Å². The monoisotopic (exact) mass is 461 g/mol. The highest BCUT2D eigenvalue weighted by atomic mass is 35.5. The Morgan fingerprint density at radius 3 is 2.32 bits per heavy atom. The van der Waals surface area contributed by atoms with Gasteiger partial charge >= 0.3 is 12.4 Å². The third-order valence-corrected chi connectivity index (χ3v) is 4.63. The summed E-state index contributed by atoms with van der Waals surface area (Å²) in [5.41, 5.74) is -1.23. The van der Waals surface area contributed by atoms with Gasteiger partial charge in [-0.25, -0.2) is 9.97 Å². The van der Waals surface area contributed by atoms with Gasteiger partial charge in [0.05, 0.1) is 27.9 Å². The van der Waals surface area contributed by atoms with Crippen molar-refractivity contribution in [2.75, 3.05) is 11.9 Å². The zero-order valence-corrected chi connectivity index (χ0v) is 16.2. The zero-order chi connectivity index (χ0) is 22.8. The molecule has 0 aliphatic rings. The summed E-state index contributed by atoms with van der Waals surface area (Å²) in [6.45, 7) is -0.161. The Balaban J connectivity index is 1.74. The summed E-state index contributed by atoms with van der Waals surface area (Å²) in [5.74, 6) is 0.215. The van der Waals surface area contributed by atoms with E-state index in [0.29, 0.717) is 5.56 Å².